The van der Waals surface area contributed by atoms with Gasteiger partial charge in [0.2, 0.25) is 0 Å². The Morgan fingerprint density at radius 2 is 2.10 bits per heavy atom. The molecule has 0 aliphatic heterocycles. The maximum Gasteiger partial charge on any atom is 0.321 e. The van der Waals surface area contributed by atoms with Crippen LogP contribution in [0.5, 0.6) is 5.75 Å². The van der Waals surface area contributed by atoms with Crippen LogP contribution in [0.25, 0.3) is 0 Å². The molecule has 0 heterocycles. The molecule has 0 saturated carbocycles. The summed E-state index contributed by atoms with van der Waals surface area (Å²) in [4.78, 5) is 22.8. The van der Waals surface area contributed by atoms with Crippen LogP contribution in [0.1, 0.15) is 18.1 Å². The van der Waals surface area contributed by atoms with Crippen molar-refractivity contribution in [1.29, 1.82) is 0 Å². The number of imide groups is 1. The van der Waals surface area contributed by atoms with Crippen LogP contribution < -0.4 is 21.1 Å². The van der Waals surface area contributed by atoms with Gasteiger partial charge in [-0.05, 0) is 31.5 Å². The first-order valence-corrected chi connectivity index (χ1v) is 6.86. The van der Waals surface area contributed by atoms with E-state index in [1.807, 2.05) is 19.1 Å². The van der Waals surface area contributed by atoms with Gasteiger partial charge >= 0.3 is 6.03 Å². The van der Waals surface area contributed by atoms with Crippen LogP contribution in [0.4, 0.5) is 4.79 Å². The van der Waals surface area contributed by atoms with Crippen LogP contribution in [-0.4, -0.2) is 25.1 Å². The minimum atomic E-state index is -0.808. The number of nitrogens with one attached hydrogen (secondary N) is 2. The zero-order valence-electron chi connectivity index (χ0n) is 11.6. The lowest BCUT2D eigenvalue weighted by molar-refractivity contribution is -0.126. The fourth-order valence-electron chi connectivity index (χ4n) is 1.63. The van der Waals surface area contributed by atoms with Gasteiger partial charge in [-0.25, -0.2) is 4.79 Å². The molecule has 0 bridgehead atoms. The quantitative estimate of drug-likeness (QED) is 0.771. The highest BCUT2D eigenvalue weighted by atomic mass is 79.9. The molecular formula is C13H18BrN3O3. The minimum Gasteiger partial charge on any atom is -0.480 e. The molecule has 0 aromatic heterocycles. The normalized spacial score (nSPS) is 11.7. The fourth-order valence-corrected chi connectivity index (χ4v) is 2.25. The predicted molar refractivity (Wildman–Crippen MR) is 79.5 cm³/mol. The third kappa shape index (κ3) is 4.21. The molecule has 1 atom stereocenters. The first-order valence-electron chi connectivity index (χ1n) is 6.07. The largest absolute Gasteiger partial charge is 0.480 e. The van der Waals surface area contributed by atoms with Gasteiger partial charge in [0.05, 0.1) is 0 Å². The summed E-state index contributed by atoms with van der Waals surface area (Å²) in [6.45, 7) is 3.72. The standard InChI is InChI=1S/C13H18BrN3O3/c1-7-4-10(14)5-9(6-15)11(7)20-8(2)12(18)17-13(19)16-3/h4-5,8H,6,15H2,1-3H3,(H2,16,17,18,19). The van der Waals surface area contributed by atoms with E-state index in [-0.39, 0.29) is 0 Å². The Morgan fingerprint density at radius 3 is 2.65 bits per heavy atom. The molecule has 0 aliphatic carbocycles. The summed E-state index contributed by atoms with van der Waals surface area (Å²) in [7, 11) is 1.43. The topological polar surface area (TPSA) is 93.5 Å². The average Bonchev–Trinajstić information content (AvgIpc) is 2.40. The third-order valence-electron chi connectivity index (χ3n) is 2.66. The van der Waals surface area contributed by atoms with E-state index in [2.05, 4.69) is 26.6 Å². The van der Waals surface area contributed by atoms with E-state index in [9.17, 15) is 9.59 Å². The van der Waals surface area contributed by atoms with Crippen molar-refractivity contribution < 1.29 is 14.3 Å². The van der Waals surface area contributed by atoms with Gasteiger partial charge in [0, 0.05) is 23.6 Å². The van der Waals surface area contributed by atoms with E-state index < -0.39 is 18.0 Å². The summed E-state index contributed by atoms with van der Waals surface area (Å²) in [6, 6.07) is 3.14. The van der Waals surface area contributed by atoms with Gasteiger partial charge in [0.15, 0.2) is 6.10 Å². The number of nitrogens with two attached hydrogens (primary N) is 1. The number of carbonyl (C=O) groups is 2. The zero-order chi connectivity index (χ0) is 15.3. The molecule has 0 aliphatic rings. The van der Waals surface area contributed by atoms with Crippen LogP contribution in [0.3, 0.4) is 0 Å². The maximum absolute atomic E-state index is 11.8. The molecule has 0 spiro atoms. The van der Waals surface area contributed by atoms with Crippen molar-refractivity contribution in [2.24, 2.45) is 5.73 Å². The highest BCUT2D eigenvalue weighted by Crippen LogP contribution is 2.28. The van der Waals surface area contributed by atoms with Gasteiger partial charge < -0.3 is 15.8 Å². The monoisotopic (exact) mass is 343 g/mol. The summed E-state index contributed by atoms with van der Waals surface area (Å²) in [5, 5.41) is 4.47. The molecule has 0 radical (unpaired) electrons. The number of halogens is 1. The van der Waals surface area contributed by atoms with Crippen molar-refractivity contribution in [1.82, 2.24) is 10.6 Å². The lowest BCUT2D eigenvalue weighted by atomic mass is 10.1. The van der Waals surface area contributed by atoms with E-state index in [4.69, 9.17) is 10.5 Å². The molecular weight excluding hydrogens is 326 g/mol. The Morgan fingerprint density at radius 1 is 1.45 bits per heavy atom. The van der Waals surface area contributed by atoms with Crippen LogP contribution >= 0.6 is 15.9 Å². The summed E-state index contributed by atoms with van der Waals surface area (Å²) < 4.78 is 6.53. The number of hydrogen-bond acceptors (Lipinski definition) is 4. The molecule has 3 amide bonds. The molecule has 0 fully saturated rings. The second-order valence-corrected chi connectivity index (χ2v) is 5.16. The van der Waals surface area contributed by atoms with Gasteiger partial charge in [0.1, 0.15) is 5.75 Å². The molecule has 6 nitrogen and oxygen atoms in total. The molecule has 0 saturated heterocycles. The molecule has 1 aromatic rings. The summed E-state index contributed by atoms with van der Waals surface area (Å²) in [5.41, 5.74) is 7.33. The molecule has 1 aromatic carbocycles. The summed E-state index contributed by atoms with van der Waals surface area (Å²) >= 11 is 3.38. The lowest BCUT2D eigenvalue weighted by Crippen LogP contribution is -2.44. The van der Waals surface area contributed by atoms with Crippen molar-refractivity contribution >= 4 is 27.9 Å². The number of hydrogen-bond donors (Lipinski definition) is 3. The number of aryl methyl sites for hydroxylation is 1. The maximum atomic E-state index is 11.8. The lowest BCUT2D eigenvalue weighted by Gasteiger charge is -2.18. The van der Waals surface area contributed by atoms with E-state index in [1.54, 1.807) is 6.92 Å². The molecule has 110 valence electrons. The van der Waals surface area contributed by atoms with Gasteiger partial charge in [-0.3, -0.25) is 10.1 Å². The first-order chi connectivity index (χ1) is 9.38. The van der Waals surface area contributed by atoms with Crippen molar-refractivity contribution in [2.45, 2.75) is 26.5 Å². The third-order valence-corrected chi connectivity index (χ3v) is 3.12. The number of ether oxygens (including phenoxy) is 1. The number of benzene rings is 1. The fraction of sp³-hybridized carbons (Fsp3) is 0.385. The Kier molecular flexibility index (Phi) is 5.97. The molecule has 4 N–H and O–H groups in total. The van der Waals surface area contributed by atoms with Crippen LogP contribution in [0, 0.1) is 6.92 Å². The van der Waals surface area contributed by atoms with Crippen molar-refractivity contribution in [3.8, 4) is 5.75 Å². The van der Waals surface area contributed by atoms with Crippen molar-refractivity contribution in [3.05, 3.63) is 27.7 Å². The van der Waals surface area contributed by atoms with E-state index in [1.165, 1.54) is 7.05 Å². The van der Waals surface area contributed by atoms with E-state index >= 15 is 0 Å². The highest BCUT2D eigenvalue weighted by Gasteiger charge is 2.19. The van der Waals surface area contributed by atoms with Crippen LogP contribution in [0.2, 0.25) is 0 Å². The zero-order valence-corrected chi connectivity index (χ0v) is 13.2. The number of rotatable bonds is 4. The minimum absolute atomic E-state index is 0.291. The first kappa shape index (κ1) is 16.5. The molecule has 20 heavy (non-hydrogen) atoms. The van der Waals surface area contributed by atoms with E-state index in [0.29, 0.717) is 12.3 Å². The smallest absolute Gasteiger partial charge is 0.321 e. The number of urea groups is 1. The molecule has 1 unspecified atom stereocenters. The molecule has 7 heteroatoms. The van der Waals surface area contributed by atoms with Crippen molar-refractivity contribution in [3.63, 3.8) is 0 Å². The van der Waals surface area contributed by atoms with Gasteiger partial charge in [-0.2, -0.15) is 0 Å². The Balaban J connectivity index is 2.87. The second-order valence-electron chi connectivity index (χ2n) is 4.24. The van der Waals surface area contributed by atoms with E-state index in [0.717, 1.165) is 15.6 Å². The van der Waals surface area contributed by atoms with Gasteiger partial charge in [-0.1, -0.05) is 15.9 Å². The Bertz CT molecular complexity index is 520. The number of carbonyl (C=O) groups excluding carboxylic acids is 2. The Labute approximate surface area is 126 Å². The van der Waals surface area contributed by atoms with Gasteiger partial charge in [0.25, 0.3) is 5.91 Å². The highest BCUT2D eigenvalue weighted by molar-refractivity contribution is 9.10. The number of amides is 3. The average molecular weight is 344 g/mol. The second kappa shape index (κ2) is 7.25. The summed E-state index contributed by atoms with van der Waals surface area (Å²) in [6.07, 6.45) is -0.808. The van der Waals surface area contributed by atoms with Crippen molar-refractivity contribution in [2.75, 3.05) is 7.05 Å². The summed E-state index contributed by atoms with van der Waals surface area (Å²) in [5.74, 6) is 0.0462. The Hall–Kier alpha value is -1.60. The molecule has 1 rings (SSSR count). The van der Waals surface area contributed by atoms with Crippen LogP contribution in [-0.2, 0) is 11.3 Å². The SMILES string of the molecule is CNC(=O)NC(=O)C(C)Oc1c(C)cc(Br)cc1CN. The van der Waals surface area contributed by atoms with Crippen LogP contribution in [0.15, 0.2) is 16.6 Å². The van der Waals surface area contributed by atoms with Gasteiger partial charge in [-0.15, -0.1) is 0 Å². The predicted octanol–water partition coefficient (Wildman–Crippen LogP) is 1.44.